The van der Waals surface area contributed by atoms with Gasteiger partial charge in [0.2, 0.25) is 5.91 Å². The lowest BCUT2D eigenvalue weighted by atomic mass is 10.0. The summed E-state index contributed by atoms with van der Waals surface area (Å²) in [5.41, 5.74) is 5.75. The lowest BCUT2D eigenvalue weighted by Crippen LogP contribution is -2.45. The van der Waals surface area contributed by atoms with Crippen molar-refractivity contribution in [2.45, 2.75) is 32.2 Å². The van der Waals surface area contributed by atoms with Gasteiger partial charge in [0.05, 0.1) is 6.54 Å². The second-order valence-corrected chi connectivity index (χ2v) is 4.23. The highest BCUT2D eigenvalue weighted by molar-refractivity contribution is 5.77. The van der Waals surface area contributed by atoms with Crippen LogP contribution in [0.5, 0.6) is 0 Å². The second kappa shape index (κ2) is 6.08. The van der Waals surface area contributed by atoms with E-state index in [1.54, 1.807) is 7.05 Å². The number of nitrogens with zero attached hydrogens (tertiary/aromatic N) is 1. The van der Waals surface area contributed by atoms with Crippen molar-refractivity contribution in [3.8, 4) is 0 Å². The molecule has 1 rings (SSSR count). The third-order valence-electron chi connectivity index (χ3n) is 3.42. The summed E-state index contributed by atoms with van der Waals surface area (Å²) in [5.74, 6) is 0.675. The number of likely N-dealkylation sites (N-methyl/N-ethyl adjacent to an activating group) is 2. The molecule has 1 amide bonds. The molecule has 0 aromatic rings. The smallest absolute Gasteiger partial charge is 0.233 e. The Hall–Kier alpha value is -0.610. The Morgan fingerprint density at radius 1 is 1.53 bits per heavy atom. The van der Waals surface area contributed by atoms with Gasteiger partial charge in [0, 0.05) is 13.1 Å². The van der Waals surface area contributed by atoms with E-state index in [1.807, 2.05) is 0 Å². The van der Waals surface area contributed by atoms with Gasteiger partial charge in [-0.1, -0.05) is 13.3 Å². The molecule has 2 atom stereocenters. The van der Waals surface area contributed by atoms with E-state index in [0.717, 1.165) is 13.1 Å². The first-order valence-corrected chi connectivity index (χ1v) is 5.87. The van der Waals surface area contributed by atoms with Gasteiger partial charge in [0.25, 0.3) is 0 Å². The zero-order chi connectivity index (χ0) is 11.3. The van der Waals surface area contributed by atoms with E-state index in [0.29, 0.717) is 18.5 Å². The van der Waals surface area contributed by atoms with Crippen LogP contribution in [0, 0.1) is 5.92 Å². The highest BCUT2D eigenvalue weighted by Gasteiger charge is 2.30. The Kier molecular flexibility index (Phi) is 5.05. The average Bonchev–Trinajstić information content (AvgIpc) is 2.73. The standard InChI is InChI=1S/C11H23N3O/c1-3-14(8-11(15)13-2)10-6-4-5-9(10)7-12/h9-10H,3-8,12H2,1-2H3,(H,13,15). The summed E-state index contributed by atoms with van der Waals surface area (Å²) in [5, 5.41) is 2.67. The fourth-order valence-electron chi connectivity index (χ4n) is 2.50. The molecule has 0 heterocycles. The molecule has 0 saturated heterocycles. The number of carbonyl (C=O) groups is 1. The van der Waals surface area contributed by atoms with Crippen LogP contribution in [0.4, 0.5) is 0 Å². The third kappa shape index (κ3) is 3.18. The Morgan fingerprint density at radius 2 is 2.27 bits per heavy atom. The maximum absolute atomic E-state index is 11.3. The van der Waals surface area contributed by atoms with Crippen LogP contribution in [0.2, 0.25) is 0 Å². The molecule has 2 unspecified atom stereocenters. The quantitative estimate of drug-likeness (QED) is 0.685. The number of hydrogen-bond acceptors (Lipinski definition) is 3. The van der Waals surface area contributed by atoms with Crippen LogP contribution < -0.4 is 11.1 Å². The first-order chi connectivity index (χ1) is 7.22. The molecule has 1 saturated carbocycles. The van der Waals surface area contributed by atoms with Gasteiger partial charge in [-0.3, -0.25) is 9.69 Å². The van der Waals surface area contributed by atoms with Crippen molar-refractivity contribution < 1.29 is 4.79 Å². The Labute approximate surface area is 92.2 Å². The maximum Gasteiger partial charge on any atom is 0.233 e. The predicted molar refractivity (Wildman–Crippen MR) is 61.5 cm³/mol. The molecular formula is C11H23N3O. The lowest BCUT2D eigenvalue weighted by molar-refractivity contribution is -0.122. The average molecular weight is 213 g/mol. The van der Waals surface area contributed by atoms with Crippen molar-refractivity contribution in [3.63, 3.8) is 0 Å². The van der Waals surface area contributed by atoms with Crippen molar-refractivity contribution in [2.24, 2.45) is 11.7 Å². The molecule has 0 aliphatic heterocycles. The number of nitrogens with one attached hydrogen (secondary N) is 1. The summed E-state index contributed by atoms with van der Waals surface area (Å²) >= 11 is 0. The molecular weight excluding hydrogens is 190 g/mol. The van der Waals surface area contributed by atoms with E-state index in [4.69, 9.17) is 5.73 Å². The van der Waals surface area contributed by atoms with Gasteiger partial charge in [-0.05, 0) is 31.8 Å². The molecule has 3 N–H and O–H groups in total. The molecule has 0 radical (unpaired) electrons. The van der Waals surface area contributed by atoms with Crippen LogP contribution in [-0.2, 0) is 4.79 Å². The first-order valence-electron chi connectivity index (χ1n) is 5.87. The van der Waals surface area contributed by atoms with E-state index >= 15 is 0 Å². The summed E-state index contributed by atoms with van der Waals surface area (Å²) in [6, 6.07) is 0.511. The molecule has 0 spiro atoms. The van der Waals surface area contributed by atoms with E-state index in [2.05, 4.69) is 17.1 Å². The van der Waals surface area contributed by atoms with Gasteiger partial charge < -0.3 is 11.1 Å². The zero-order valence-corrected chi connectivity index (χ0v) is 9.83. The van der Waals surface area contributed by atoms with Crippen molar-refractivity contribution in [1.82, 2.24) is 10.2 Å². The molecule has 15 heavy (non-hydrogen) atoms. The number of hydrogen-bond donors (Lipinski definition) is 2. The lowest BCUT2D eigenvalue weighted by Gasteiger charge is -2.30. The molecule has 4 nitrogen and oxygen atoms in total. The Bertz CT molecular complexity index is 208. The normalized spacial score (nSPS) is 25.9. The van der Waals surface area contributed by atoms with Gasteiger partial charge in [-0.2, -0.15) is 0 Å². The minimum absolute atomic E-state index is 0.0968. The Balaban J connectivity index is 2.53. The third-order valence-corrected chi connectivity index (χ3v) is 3.42. The molecule has 4 heteroatoms. The number of amides is 1. The van der Waals surface area contributed by atoms with E-state index < -0.39 is 0 Å². The van der Waals surface area contributed by atoms with Crippen molar-refractivity contribution >= 4 is 5.91 Å². The summed E-state index contributed by atoms with van der Waals surface area (Å²) in [6.07, 6.45) is 3.65. The predicted octanol–water partition coefficient (Wildman–Crippen LogP) is 0.182. The van der Waals surface area contributed by atoms with Crippen LogP contribution >= 0.6 is 0 Å². The van der Waals surface area contributed by atoms with Crippen LogP contribution in [0.1, 0.15) is 26.2 Å². The Morgan fingerprint density at radius 3 is 2.80 bits per heavy atom. The fourth-order valence-corrected chi connectivity index (χ4v) is 2.50. The van der Waals surface area contributed by atoms with Crippen LogP contribution in [-0.4, -0.2) is 43.5 Å². The van der Waals surface area contributed by atoms with Gasteiger partial charge >= 0.3 is 0 Å². The van der Waals surface area contributed by atoms with Crippen molar-refractivity contribution in [3.05, 3.63) is 0 Å². The second-order valence-electron chi connectivity index (χ2n) is 4.23. The van der Waals surface area contributed by atoms with E-state index in [1.165, 1.54) is 19.3 Å². The largest absolute Gasteiger partial charge is 0.358 e. The molecule has 0 aromatic carbocycles. The topological polar surface area (TPSA) is 58.4 Å². The summed E-state index contributed by atoms with van der Waals surface area (Å²) in [7, 11) is 1.69. The highest BCUT2D eigenvalue weighted by atomic mass is 16.1. The molecule has 1 fully saturated rings. The number of nitrogens with two attached hydrogens (primary N) is 1. The van der Waals surface area contributed by atoms with Gasteiger partial charge in [-0.25, -0.2) is 0 Å². The summed E-state index contributed by atoms with van der Waals surface area (Å²) < 4.78 is 0. The van der Waals surface area contributed by atoms with Crippen LogP contribution in [0.25, 0.3) is 0 Å². The highest BCUT2D eigenvalue weighted by Crippen LogP contribution is 2.28. The minimum atomic E-state index is 0.0968. The van der Waals surface area contributed by atoms with Crippen molar-refractivity contribution in [2.75, 3.05) is 26.7 Å². The van der Waals surface area contributed by atoms with Crippen LogP contribution in [0.3, 0.4) is 0 Å². The molecule has 0 aromatic heterocycles. The fraction of sp³-hybridized carbons (Fsp3) is 0.909. The number of rotatable bonds is 5. The number of carbonyl (C=O) groups excluding carboxylic acids is 1. The monoisotopic (exact) mass is 213 g/mol. The first kappa shape index (κ1) is 12.5. The SMILES string of the molecule is CCN(CC(=O)NC)C1CCCC1CN. The maximum atomic E-state index is 11.3. The zero-order valence-electron chi connectivity index (χ0n) is 9.83. The van der Waals surface area contributed by atoms with Gasteiger partial charge in [-0.15, -0.1) is 0 Å². The van der Waals surface area contributed by atoms with E-state index in [-0.39, 0.29) is 5.91 Å². The minimum Gasteiger partial charge on any atom is -0.358 e. The van der Waals surface area contributed by atoms with Gasteiger partial charge in [0.15, 0.2) is 0 Å². The summed E-state index contributed by atoms with van der Waals surface area (Å²) in [4.78, 5) is 13.6. The molecule has 1 aliphatic rings. The molecule has 1 aliphatic carbocycles. The van der Waals surface area contributed by atoms with Crippen molar-refractivity contribution in [1.29, 1.82) is 0 Å². The molecule has 88 valence electrons. The van der Waals surface area contributed by atoms with Gasteiger partial charge in [0.1, 0.15) is 0 Å². The summed E-state index contributed by atoms with van der Waals surface area (Å²) in [6.45, 7) is 4.28. The van der Waals surface area contributed by atoms with Crippen LogP contribution in [0.15, 0.2) is 0 Å². The molecule has 0 bridgehead atoms. The van der Waals surface area contributed by atoms with E-state index in [9.17, 15) is 4.79 Å².